The summed E-state index contributed by atoms with van der Waals surface area (Å²) in [5, 5.41) is 0. The van der Waals surface area contributed by atoms with Crippen LogP contribution in [-0.4, -0.2) is 10.9 Å². The zero-order valence-electron chi connectivity index (χ0n) is 7.87. The Bertz CT molecular complexity index is 415. The van der Waals surface area contributed by atoms with Gasteiger partial charge in [0.1, 0.15) is 0 Å². The average Bonchev–Trinajstić information content (AvgIpc) is 2.10. The Balaban J connectivity index is 2.81. The molecule has 0 aliphatic carbocycles. The van der Waals surface area contributed by atoms with Gasteiger partial charge in [0.05, 0.1) is 17.8 Å². The first-order valence-corrected chi connectivity index (χ1v) is 4.09. The molecule has 0 spiro atoms. The molecule has 72 valence electrons. The van der Waals surface area contributed by atoms with Crippen LogP contribution in [0.25, 0.3) is 0 Å². The molecule has 4 heteroatoms. The van der Waals surface area contributed by atoms with Crippen LogP contribution in [0.2, 0.25) is 0 Å². The maximum atomic E-state index is 10.4. The molecule has 0 atom stereocenters. The maximum Gasteiger partial charge on any atom is 0.229 e. The molecule has 0 fully saturated rings. The summed E-state index contributed by atoms with van der Waals surface area (Å²) in [7, 11) is 0. The lowest BCUT2D eigenvalue weighted by Gasteiger charge is -1.97. The number of hydrogen-bond donors (Lipinski definition) is 2. The predicted octanol–water partition coefficient (Wildman–Crippen LogP) is 0.199. The van der Waals surface area contributed by atoms with E-state index in [0.717, 1.165) is 5.69 Å². The van der Waals surface area contributed by atoms with E-state index >= 15 is 0 Å². The van der Waals surface area contributed by atoms with Gasteiger partial charge in [0.15, 0.2) is 0 Å². The molecule has 4 N–H and O–H groups in total. The van der Waals surface area contributed by atoms with Crippen molar-refractivity contribution >= 4 is 11.6 Å². The van der Waals surface area contributed by atoms with Gasteiger partial charge in [-0.05, 0) is 13.0 Å². The van der Waals surface area contributed by atoms with E-state index in [2.05, 4.69) is 16.8 Å². The minimum atomic E-state index is -0.439. The number of pyridine rings is 1. The number of hydrogen-bond acceptors (Lipinski definition) is 3. The molecule has 0 unspecified atom stereocenters. The molecule has 0 bridgehead atoms. The van der Waals surface area contributed by atoms with E-state index in [1.807, 2.05) is 6.92 Å². The molecular weight excluding hydrogens is 178 g/mol. The van der Waals surface area contributed by atoms with E-state index in [0.29, 0.717) is 11.3 Å². The van der Waals surface area contributed by atoms with E-state index in [4.69, 9.17) is 11.5 Å². The van der Waals surface area contributed by atoms with E-state index in [-0.39, 0.29) is 6.42 Å². The van der Waals surface area contributed by atoms with Crippen molar-refractivity contribution < 1.29 is 4.79 Å². The number of carbonyl (C=O) groups is 1. The fraction of sp³-hybridized carbons (Fsp3) is 0.200. The fourth-order valence-corrected chi connectivity index (χ4v) is 0.852. The third-order valence-electron chi connectivity index (χ3n) is 1.62. The number of nitrogens with zero attached hydrogens (tertiary/aromatic N) is 1. The molecule has 1 aromatic rings. The van der Waals surface area contributed by atoms with Crippen molar-refractivity contribution in [3.63, 3.8) is 0 Å². The van der Waals surface area contributed by atoms with Crippen LogP contribution < -0.4 is 11.5 Å². The number of nitrogens with two attached hydrogens (primary N) is 2. The van der Waals surface area contributed by atoms with Crippen LogP contribution >= 0.6 is 0 Å². The maximum absolute atomic E-state index is 10.4. The van der Waals surface area contributed by atoms with Gasteiger partial charge in [0.25, 0.3) is 0 Å². The normalized spacial score (nSPS) is 8.93. The highest BCUT2D eigenvalue weighted by molar-refractivity contribution is 5.76. The van der Waals surface area contributed by atoms with E-state index in [9.17, 15) is 4.79 Å². The number of carbonyl (C=O) groups excluding carboxylic acids is 1. The molecule has 4 nitrogen and oxygen atoms in total. The Kier molecular flexibility index (Phi) is 3.08. The minimum absolute atomic E-state index is 0.0494. The summed E-state index contributed by atoms with van der Waals surface area (Å²) in [5.74, 6) is 4.94. The van der Waals surface area contributed by atoms with Gasteiger partial charge in [-0.25, -0.2) is 0 Å². The van der Waals surface area contributed by atoms with E-state index < -0.39 is 5.91 Å². The van der Waals surface area contributed by atoms with Crippen LogP contribution in [-0.2, 0) is 4.79 Å². The van der Waals surface area contributed by atoms with Gasteiger partial charge in [0.2, 0.25) is 5.91 Å². The Morgan fingerprint density at radius 3 is 2.93 bits per heavy atom. The number of anilines is 1. The van der Waals surface area contributed by atoms with Crippen molar-refractivity contribution in [3.05, 3.63) is 23.5 Å². The predicted molar refractivity (Wildman–Crippen MR) is 54.1 cm³/mol. The quantitative estimate of drug-likeness (QED) is 0.619. The first kappa shape index (κ1) is 10.1. The third kappa shape index (κ3) is 2.79. The molecule has 1 heterocycles. The van der Waals surface area contributed by atoms with Gasteiger partial charge >= 0.3 is 0 Å². The summed E-state index contributed by atoms with van der Waals surface area (Å²) in [6.07, 6.45) is 1.66. The van der Waals surface area contributed by atoms with Gasteiger partial charge in [-0.15, -0.1) is 0 Å². The van der Waals surface area contributed by atoms with Crippen LogP contribution in [0.15, 0.2) is 12.3 Å². The monoisotopic (exact) mass is 189 g/mol. The molecule has 0 saturated carbocycles. The van der Waals surface area contributed by atoms with Crippen LogP contribution in [0, 0.1) is 18.8 Å². The molecule has 0 aliphatic heterocycles. The standard InChI is InChI=1S/C10H11N3O/c1-7-9(11)5-8(6-13-7)3-2-4-10(12)14/h5-6H,4,11H2,1H3,(H2,12,14). The lowest BCUT2D eigenvalue weighted by Crippen LogP contribution is -2.08. The largest absolute Gasteiger partial charge is 0.397 e. The summed E-state index contributed by atoms with van der Waals surface area (Å²) < 4.78 is 0. The summed E-state index contributed by atoms with van der Waals surface area (Å²) in [4.78, 5) is 14.4. The van der Waals surface area contributed by atoms with Crippen molar-refractivity contribution in [1.82, 2.24) is 4.98 Å². The highest BCUT2D eigenvalue weighted by Crippen LogP contribution is 2.08. The second kappa shape index (κ2) is 4.28. The Morgan fingerprint density at radius 2 is 2.36 bits per heavy atom. The van der Waals surface area contributed by atoms with Gasteiger partial charge in [-0.1, -0.05) is 11.8 Å². The van der Waals surface area contributed by atoms with E-state index in [1.165, 1.54) is 0 Å². The first-order chi connectivity index (χ1) is 6.59. The second-order valence-electron chi connectivity index (χ2n) is 2.84. The van der Waals surface area contributed by atoms with E-state index in [1.54, 1.807) is 12.3 Å². The summed E-state index contributed by atoms with van der Waals surface area (Å²) in [6.45, 7) is 1.82. The first-order valence-electron chi connectivity index (χ1n) is 4.09. The van der Waals surface area contributed by atoms with Crippen LogP contribution in [0.3, 0.4) is 0 Å². The number of aromatic nitrogens is 1. The lowest BCUT2D eigenvalue weighted by atomic mass is 10.2. The number of amides is 1. The SMILES string of the molecule is Cc1ncc(C#CCC(N)=O)cc1N. The Morgan fingerprint density at radius 1 is 1.64 bits per heavy atom. The van der Waals surface area contributed by atoms with Crippen LogP contribution in [0.4, 0.5) is 5.69 Å². The van der Waals surface area contributed by atoms with Gasteiger partial charge < -0.3 is 11.5 Å². The second-order valence-corrected chi connectivity index (χ2v) is 2.84. The molecule has 14 heavy (non-hydrogen) atoms. The summed E-state index contributed by atoms with van der Waals surface area (Å²) in [6, 6.07) is 1.72. The van der Waals surface area contributed by atoms with Crippen molar-refractivity contribution in [3.8, 4) is 11.8 Å². The third-order valence-corrected chi connectivity index (χ3v) is 1.62. The van der Waals surface area contributed by atoms with Crippen molar-refractivity contribution in [2.45, 2.75) is 13.3 Å². The number of primary amides is 1. The number of rotatable bonds is 1. The molecular formula is C10H11N3O. The molecule has 0 aromatic carbocycles. The molecule has 1 amide bonds. The topological polar surface area (TPSA) is 82.0 Å². The number of nitrogen functional groups attached to an aromatic ring is 1. The number of aryl methyl sites for hydroxylation is 1. The highest BCUT2D eigenvalue weighted by atomic mass is 16.1. The molecule has 1 aromatic heterocycles. The lowest BCUT2D eigenvalue weighted by molar-refractivity contribution is -0.117. The minimum Gasteiger partial charge on any atom is -0.397 e. The molecule has 0 aliphatic rings. The van der Waals surface area contributed by atoms with Gasteiger partial charge in [-0.3, -0.25) is 9.78 Å². The zero-order valence-corrected chi connectivity index (χ0v) is 7.87. The average molecular weight is 189 g/mol. The van der Waals surface area contributed by atoms with Gasteiger partial charge in [0, 0.05) is 11.8 Å². The van der Waals surface area contributed by atoms with Crippen molar-refractivity contribution in [2.24, 2.45) is 5.73 Å². The van der Waals surface area contributed by atoms with Crippen molar-refractivity contribution in [2.75, 3.05) is 5.73 Å². The molecule has 1 rings (SSSR count). The van der Waals surface area contributed by atoms with Gasteiger partial charge in [-0.2, -0.15) is 0 Å². The summed E-state index contributed by atoms with van der Waals surface area (Å²) in [5.41, 5.74) is 12.6. The van der Waals surface area contributed by atoms with Crippen molar-refractivity contribution in [1.29, 1.82) is 0 Å². The Hall–Kier alpha value is -2.02. The van der Waals surface area contributed by atoms with Crippen LogP contribution in [0.1, 0.15) is 17.7 Å². The molecule has 0 radical (unpaired) electrons. The zero-order chi connectivity index (χ0) is 10.6. The highest BCUT2D eigenvalue weighted by Gasteiger charge is 1.94. The smallest absolute Gasteiger partial charge is 0.229 e. The summed E-state index contributed by atoms with van der Waals surface area (Å²) >= 11 is 0. The molecule has 0 saturated heterocycles. The fourth-order valence-electron chi connectivity index (χ4n) is 0.852. The van der Waals surface area contributed by atoms with Crippen LogP contribution in [0.5, 0.6) is 0 Å². The Labute approximate surface area is 82.3 Å².